The van der Waals surface area contributed by atoms with Crippen molar-refractivity contribution in [3.8, 4) is 0 Å². The molecule has 1 aromatic carbocycles. The highest BCUT2D eigenvalue weighted by Crippen LogP contribution is 2.21. The number of rotatable bonds is 2. The van der Waals surface area contributed by atoms with Gasteiger partial charge in [-0.1, -0.05) is 11.6 Å². The van der Waals surface area contributed by atoms with E-state index in [0.29, 0.717) is 28.2 Å². The Hall–Kier alpha value is -2.60. The fourth-order valence-electron chi connectivity index (χ4n) is 1.90. The summed E-state index contributed by atoms with van der Waals surface area (Å²) in [5, 5.41) is 2.99. The molecule has 0 fully saturated rings. The van der Waals surface area contributed by atoms with Gasteiger partial charge in [0, 0.05) is 18.8 Å². The number of aryl methyl sites for hydroxylation is 1. The Bertz CT molecular complexity index is 844. The Morgan fingerprint density at radius 2 is 2.19 bits per heavy atom. The number of hydrogen-bond donors (Lipinski definition) is 2. The summed E-state index contributed by atoms with van der Waals surface area (Å²) in [6, 6.07) is 6.68. The molecule has 21 heavy (non-hydrogen) atoms. The first-order valence-electron chi connectivity index (χ1n) is 6.12. The van der Waals surface area contributed by atoms with Crippen LogP contribution < -0.4 is 11.1 Å². The molecule has 0 radical (unpaired) electrons. The van der Waals surface area contributed by atoms with Gasteiger partial charge in [0.25, 0.3) is 5.91 Å². The Labute approximate surface area is 124 Å². The molecule has 3 rings (SSSR count). The number of nitrogens with two attached hydrogens (primary N) is 1. The van der Waals surface area contributed by atoms with E-state index in [0.717, 1.165) is 0 Å². The summed E-state index contributed by atoms with van der Waals surface area (Å²) in [6.45, 7) is 1.76. The number of nitrogen functional groups attached to an aromatic ring is 1. The quantitative estimate of drug-likeness (QED) is 0.759. The van der Waals surface area contributed by atoms with Crippen molar-refractivity contribution in [1.29, 1.82) is 0 Å². The summed E-state index contributed by atoms with van der Waals surface area (Å²) in [4.78, 5) is 20.2. The van der Waals surface area contributed by atoms with Crippen LogP contribution in [-0.4, -0.2) is 15.9 Å². The lowest BCUT2D eigenvalue weighted by atomic mass is 10.2. The molecule has 2 heterocycles. The van der Waals surface area contributed by atoms with Gasteiger partial charge in [0.05, 0.1) is 10.6 Å². The molecular formula is C14H11ClN4O2. The molecule has 3 N–H and O–H groups in total. The highest BCUT2D eigenvalue weighted by atomic mass is 35.5. The molecular weight excluding hydrogens is 292 g/mol. The number of nitrogens with zero attached hydrogens (tertiary/aromatic N) is 2. The first kappa shape index (κ1) is 13.4. The maximum absolute atomic E-state index is 12.1. The van der Waals surface area contributed by atoms with E-state index in [9.17, 15) is 4.79 Å². The van der Waals surface area contributed by atoms with Crippen molar-refractivity contribution in [1.82, 2.24) is 9.97 Å². The van der Waals surface area contributed by atoms with E-state index in [2.05, 4.69) is 15.3 Å². The predicted molar refractivity (Wildman–Crippen MR) is 80.4 cm³/mol. The normalized spacial score (nSPS) is 10.8. The molecule has 6 nitrogen and oxygen atoms in total. The third-order valence-electron chi connectivity index (χ3n) is 2.88. The van der Waals surface area contributed by atoms with Gasteiger partial charge in [0.1, 0.15) is 11.3 Å². The summed E-state index contributed by atoms with van der Waals surface area (Å²) in [5.74, 6) is 0.430. The minimum Gasteiger partial charge on any atom is -0.441 e. The fourth-order valence-corrected chi connectivity index (χ4v) is 2.06. The minimum absolute atomic E-state index is 0.188. The van der Waals surface area contributed by atoms with Crippen LogP contribution in [0.5, 0.6) is 0 Å². The SMILES string of the molecule is Cc1nc2cc(NC(=O)c3cnc(N)c(Cl)c3)ccc2o1. The van der Waals surface area contributed by atoms with Crippen LogP contribution >= 0.6 is 11.6 Å². The zero-order valence-corrected chi connectivity index (χ0v) is 11.8. The van der Waals surface area contributed by atoms with Crippen LogP contribution in [0.2, 0.25) is 5.02 Å². The van der Waals surface area contributed by atoms with Gasteiger partial charge in [-0.2, -0.15) is 0 Å². The third kappa shape index (κ3) is 2.66. The molecule has 0 aliphatic rings. The number of amides is 1. The Morgan fingerprint density at radius 1 is 1.38 bits per heavy atom. The van der Waals surface area contributed by atoms with Gasteiger partial charge in [-0.25, -0.2) is 9.97 Å². The van der Waals surface area contributed by atoms with Crippen molar-refractivity contribution < 1.29 is 9.21 Å². The molecule has 0 aliphatic heterocycles. The molecule has 0 unspecified atom stereocenters. The second-order valence-corrected chi connectivity index (χ2v) is 4.87. The van der Waals surface area contributed by atoms with E-state index in [1.807, 2.05) is 0 Å². The van der Waals surface area contributed by atoms with Gasteiger partial charge in [-0.05, 0) is 24.3 Å². The molecule has 3 aromatic rings. The number of fused-ring (bicyclic) bond motifs is 1. The van der Waals surface area contributed by atoms with Gasteiger partial charge in [-0.15, -0.1) is 0 Å². The highest BCUT2D eigenvalue weighted by Gasteiger charge is 2.10. The molecule has 2 aromatic heterocycles. The molecule has 0 saturated carbocycles. The van der Waals surface area contributed by atoms with Crippen molar-refractivity contribution >= 4 is 40.1 Å². The average molecular weight is 303 g/mol. The lowest BCUT2D eigenvalue weighted by Gasteiger charge is -2.05. The number of anilines is 2. The first-order chi connectivity index (χ1) is 10.0. The average Bonchev–Trinajstić information content (AvgIpc) is 2.81. The highest BCUT2D eigenvalue weighted by molar-refractivity contribution is 6.33. The van der Waals surface area contributed by atoms with E-state index in [4.69, 9.17) is 21.8 Å². The molecule has 0 spiro atoms. The molecule has 0 aliphatic carbocycles. The number of halogens is 1. The number of hydrogen-bond acceptors (Lipinski definition) is 5. The number of nitrogens with one attached hydrogen (secondary N) is 1. The molecule has 1 amide bonds. The molecule has 0 saturated heterocycles. The molecule has 0 atom stereocenters. The Morgan fingerprint density at radius 3 is 2.95 bits per heavy atom. The van der Waals surface area contributed by atoms with E-state index < -0.39 is 0 Å². The number of pyridine rings is 1. The van der Waals surface area contributed by atoms with Crippen LogP contribution in [0.25, 0.3) is 11.1 Å². The number of benzene rings is 1. The Balaban J connectivity index is 1.86. The van der Waals surface area contributed by atoms with E-state index in [1.165, 1.54) is 12.3 Å². The van der Waals surface area contributed by atoms with Crippen molar-refractivity contribution in [3.05, 3.63) is 46.9 Å². The van der Waals surface area contributed by atoms with Gasteiger partial charge >= 0.3 is 0 Å². The lowest BCUT2D eigenvalue weighted by molar-refractivity contribution is 0.102. The zero-order valence-electron chi connectivity index (χ0n) is 11.1. The molecule has 7 heteroatoms. The van der Waals surface area contributed by atoms with E-state index in [-0.39, 0.29) is 16.7 Å². The smallest absolute Gasteiger partial charge is 0.257 e. The van der Waals surface area contributed by atoms with Gasteiger partial charge in [0.15, 0.2) is 11.5 Å². The van der Waals surface area contributed by atoms with Crippen molar-refractivity contribution in [2.75, 3.05) is 11.1 Å². The first-order valence-corrected chi connectivity index (χ1v) is 6.50. The summed E-state index contributed by atoms with van der Waals surface area (Å²) in [6.07, 6.45) is 1.37. The van der Waals surface area contributed by atoms with Crippen molar-refractivity contribution in [2.45, 2.75) is 6.92 Å². The summed E-state index contributed by atoms with van der Waals surface area (Å²) in [7, 11) is 0. The summed E-state index contributed by atoms with van der Waals surface area (Å²) >= 11 is 5.85. The van der Waals surface area contributed by atoms with Gasteiger partial charge < -0.3 is 15.5 Å². The second-order valence-electron chi connectivity index (χ2n) is 4.46. The van der Waals surface area contributed by atoms with Crippen LogP contribution in [0.3, 0.4) is 0 Å². The van der Waals surface area contributed by atoms with Crippen LogP contribution in [-0.2, 0) is 0 Å². The maximum atomic E-state index is 12.1. The van der Waals surface area contributed by atoms with Crippen molar-refractivity contribution in [2.24, 2.45) is 0 Å². The van der Waals surface area contributed by atoms with Crippen LogP contribution in [0.4, 0.5) is 11.5 Å². The number of carbonyl (C=O) groups excluding carboxylic acids is 1. The summed E-state index contributed by atoms with van der Waals surface area (Å²) < 4.78 is 5.38. The van der Waals surface area contributed by atoms with Crippen LogP contribution in [0.15, 0.2) is 34.9 Å². The van der Waals surface area contributed by atoms with Crippen molar-refractivity contribution in [3.63, 3.8) is 0 Å². The third-order valence-corrected chi connectivity index (χ3v) is 3.19. The van der Waals surface area contributed by atoms with Crippen LogP contribution in [0.1, 0.15) is 16.2 Å². The maximum Gasteiger partial charge on any atom is 0.257 e. The van der Waals surface area contributed by atoms with E-state index in [1.54, 1.807) is 25.1 Å². The largest absolute Gasteiger partial charge is 0.441 e. The summed E-state index contributed by atoms with van der Waals surface area (Å²) in [5.41, 5.74) is 7.79. The number of oxazole rings is 1. The number of carbonyl (C=O) groups is 1. The standard InChI is InChI=1S/C14H11ClN4O2/c1-7-18-11-5-9(2-3-12(11)21-7)19-14(20)8-4-10(15)13(16)17-6-8/h2-6H,1H3,(H2,16,17)(H,19,20). The second kappa shape index (κ2) is 5.06. The number of aromatic nitrogens is 2. The lowest BCUT2D eigenvalue weighted by Crippen LogP contribution is -2.12. The molecule has 0 bridgehead atoms. The Kier molecular flexibility index (Phi) is 3.23. The fraction of sp³-hybridized carbons (Fsp3) is 0.0714. The minimum atomic E-state index is -0.330. The van der Waals surface area contributed by atoms with Gasteiger partial charge in [-0.3, -0.25) is 4.79 Å². The monoisotopic (exact) mass is 302 g/mol. The predicted octanol–water partition coefficient (Wildman–Crippen LogP) is 3.02. The van der Waals surface area contributed by atoms with Crippen LogP contribution in [0, 0.1) is 6.92 Å². The van der Waals surface area contributed by atoms with Gasteiger partial charge in [0.2, 0.25) is 0 Å². The molecule has 106 valence electrons. The van der Waals surface area contributed by atoms with E-state index >= 15 is 0 Å². The zero-order chi connectivity index (χ0) is 15.0. The topological polar surface area (TPSA) is 94.0 Å².